The molecular formula is C21H31N7O2S. The molecule has 1 fully saturated rings. The molecule has 0 saturated carbocycles. The summed E-state index contributed by atoms with van der Waals surface area (Å²) in [5, 5.41) is 9.96. The number of hydrogen-bond donors (Lipinski definition) is 3. The van der Waals surface area contributed by atoms with Crippen molar-refractivity contribution in [2.24, 2.45) is 0 Å². The Morgan fingerprint density at radius 3 is 2.39 bits per heavy atom. The Morgan fingerprint density at radius 2 is 1.71 bits per heavy atom. The fourth-order valence-electron chi connectivity index (χ4n) is 4.98. The van der Waals surface area contributed by atoms with Crippen molar-refractivity contribution >= 4 is 21.7 Å². The number of hydrogen-bond acceptors (Lipinski definition) is 7. The van der Waals surface area contributed by atoms with Crippen LogP contribution >= 0.6 is 0 Å². The second-order valence-electron chi connectivity index (χ2n) is 8.87. The molecule has 3 aliphatic rings. The number of nitrogens with one attached hydrogen (secondary N) is 3. The van der Waals surface area contributed by atoms with E-state index in [-0.39, 0.29) is 5.16 Å². The zero-order valence-electron chi connectivity index (χ0n) is 18.1. The van der Waals surface area contributed by atoms with Gasteiger partial charge in [-0.25, -0.2) is 18.2 Å². The lowest BCUT2D eigenvalue weighted by atomic mass is 9.99. The van der Waals surface area contributed by atoms with E-state index in [1.807, 2.05) is 0 Å². The average molecular weight is 446 g/mol. The highest BCUT2D eigenvalue weighted by Crippen LogP contribution is 2.39. The van der Waals surface area contributed by atoms with Gasteiger partial charge in [0.1, 0.15) is 0 Å². The number of piperazine rings is 1. The fraction of sp³-hybridized carbons (Fsp3) is 0.619. The van der Waals surface area contributed by atoms with Gasteiger partial charge >= 0.3 is 0 Å². The van der Waals surface area contributed by atoms with Crippen LogP contribution in [0.4, 0.5) is 11.6 Å². The summed E-state index contributed by atoms with van der Waals surface area (Å²) in [6.07, 6.45) is 6.66. The minimum atomic E-state index is -3.72. The van der Waals surface area contributed by atoms with Crippen LogP contribution in [0.15, 0.2) is 11.2 Å². The van der Waals surface area contributed by atoms with E-state index < -0.39 is 10.0 Å². The first-order chi connectivity index (χ1) is 15.0. The van der Waals surface area contributed by atoms with Gasteiger partial charge in [-0.05, 0) is 67.8 Å². The SMILES string of the molecule is CN1CCN(CCNS(=O)(=O)c2nc(Nc3c4c(cc5c3CCC5)CCC4)n[nH]2)CC1. The number of aromatic amines is 1. The first-order valence-corrected chi connectivity index (χ1v) is 12.7. The number of aromatic nitrogens is 3. The maximum absolute atomic E-state index is 12.7. The number of sulfonamides is 1. The van der Waals surface area contributed by atoms with Crippen molar-refractivity contribution in [2.45, 2.75) is 43.7 Å². The molecule has 10 heteroatoms. The third-order valence-electron chi connectivity index (χ3n) is 6.75. The second kappa shape index (κ2) is 8.50. The second-order valence-corrected chi connectivity index (χ2v) is 10.5. The summed E-state index contributed by atoms with van der Waals surface area (Å²) in [5.74, 6) is 0.314. The Hall–Kier alpha value is -2.01. The monoisotopic (exact) mass is 445 g/mol. The van der Waals surface area contributed by atoms with E-state index in [9.17, 15) is 8.42 Å². The van der Waals surface area contributed by atoms with Gasteiger partial charge in [0.15, 0.2) is 0 Å². The van der Waals surface area contributed by atoms with E-state index in [1.54, 1.807) is 0 Å². The Balaban J connectivity index is 1.25. The lowest BCUT2D eigenvalue weighted by molar-refractivity contribution is 0.156. The lowest BCUT2D eigenvalue weighted by Gasteiger charge is -2.32. The molecule has 2 aromatic rings. The average Bonchev–Trinajstić information content (AvgIpc) is 3.49. The molecule has 0 radical (unpaired) electrons. The molecule has 1 aliphatic heterocycles. The number of aryl methyl sites for hydroxylation is 2. The molecule has 2 aliphatic carbocycles. The summed E-state index contributed by atoms with van der Waals surface area (Å²) in [4.78, 5) is 8.80. The molecule has 3 N–H and O–H groups in total. The summed E-state index contributed by atoms with van der Waals surface area (Å²) in [6, 6.07) is 2.37. The van der Waals surface area contributed by atoms with Gasteiger partial charge in [-0.1, -0.05) is 6.07 Å². The minimum absolute atomic E-state index is 0.141. The van der Waals surface area contributed by atoms with Crippen molar-refractivity contribution in [3.63, 3.8) is 0 Å². The van der Waals surface area contributed by atoms with E-state index in [2.05, 4.69) is 48.1 Å². The quantitative estimate of drug-likeness (QED) is 0.585. The first kappa shape index (κ1) is 20.9. The van der Waals surface area contributed by atoms with E-state index in [0.29, 0.717) is 19.0 Å². The van der Waals surface area contributed by atoms with E-state index in [4.69, 9.17) is 0 Å². The Kier molecular flexibility index (Phi) is 5.72. The summed E-state index contributed by atoms with van der Waals surface area (Å²) in [6.45, 7) is 4.98. The molecular weight excluding hydrogens is 414 g/mol. The number of benzene rings is 1. The van der Waals surface area contributed by atoms with Crippen LogP contribution in [-0.2, 0) is 35.7 Å². The van der Waals surface area contributed by atoms with Gasteiger partial charge in [0.2, 0.25) is 5.95 Å². The highest BCUT2D eigenvalue weighted by Gasteiger charge is 2.26. The molecule has 1 aromatic heterocycles. The molecule has 168 valence electrons. The lowest BCUT2D eigenvalue weighted by Crippen LogP contribution is -2.46. The molecule has 0 atom stereocenters. The van der Waals surface area contributed by atoms with Gasteiger partial charge in [-0.2, -0.15) is 4.98 Å². The number of fused-ring (bicyclic) bond motifs is 2. The maximum atomic E-state index is 12.7. The zero-order chi connectivity index (χ0) is 21.4. The van der Waals surface area contributed by atoms with Crippen molar-refractivity contribution in [1.82, 2.24) is 29.7 Å². The summed E-state index contributed by atoms with van der Waals surface area (Å²) in [5.41, 5.74) is 6.63. The van der Waals surface area contributed by atoms with E-state index in [0.717, 1.165) is 70.4 Å². The third-order valence-corrected chi connectivity index (χ3v) is 8.02. The molecule has 2 heterocycles. The van der Waals surface area contributed by atoms with Crippen LogP contribution in [0.5, 0.6) is 0 Å². The van der Waals surface area contributed by atoms with Crippen LogP contribution < -0.4 is 10.0 Å². The Bertz CT molecular complexity index is 1030. The fourth-order valence-corrected chi connectivity index (χ4v) is 5.85. The minimum Gasteiger partial charge on any atom is -0.322 e. The van der Waals surface area contributed by atoms with Crippen LogP contribution in [0.25, 0.3) is 0 Å². The van der Waals surface area contributed by atoms with Gasteiger partial charge in [0.05, 0.1) is 0 Å². The van der Waals surface area contributed by atoms with Crippen molar-refractivity contribution in [1.29, 1.82) is 0 Å². The largest absolute Gasteiger partial charge is 0.322 e. The normalized spacial score (nSPS) is 19.5. The topological polar surface area (TPSA) is 106 Å². The Morgan fingerprint density at radius 1 is 1.03 bits per heavy atom. The maximum Gasteiger partial charge on any atom is 0.275 e. The van der Waals surface area contributed by atoms with Crippen LogP contribution in [0.1, 0.15) is 35.1 Å². The highest BCUT2D eigenvalue weighted by molar-refractivity contribution is 7.89. The van der Waals surface area contributed by atoms with Gasteiger partial charge in [0, 0.05) is 45.0 Å². The third kappa shape index (κ3) is 4.34. The van der Waals surface area contributed by atoms with E-state index in [1.165, 1.54) is 22.3 Å². The van der Waals surface area contributed by atoms with E-state index >= 15 is 0 Å². The smallest absolute Gasteiger partial charge is 0.275 e. The molecule has 1 aromatic carbocycles. The number of nitrogens with zero attached hydrogens (tertiary/aromatic N) is 4. The molecule has 0 bridgehead atoms. The molecule has 0 amide bonds. The summed E-state index contributed by atoms with van der Waals surface area (Å²) in [7, 11) is -1.62. The number of anilines is 2. The van der Waals surface area contributed by atoms with Gasteiger partial charge < -0.3 is 10.2 Å². The van der Waals surface area contributed by atoms with Gasteiger partial charge in [-0.15, -0.1) is 5.10 Å². The van der Waals surface area contributed by atoms with Crippen LogP contribution in [0.3, 0.4) is 0 Å². The van der Waals surface area contributed by atoms with Crippen molar-refractivity contribution in [3.8, 4) is 0 Å². The molecule has 5 rings (SSSR count). The predicted octanol–water partition coefficient (Wildman–Crippen LogP) is 1.05. The van der Waals surface area contributed by atoms with Crippen molar-refractivity contribution in [2.75, 3.05) is 51.6 Å². The Labute approximate surface area is 183 Å². The van der Waals surface area contributed by atoms with Gasteiger partial charge in [-0.3, -0.25) is 4.90 Å². The molecule has 31 heavy (non-hydrogen) atoms. The number of likely N-dealkylation sites (N-methyl/N-ethyl adjacent to an activating group) is 1. The molecule has 0 unspecified atom stereocenters. The summed E-state index contributed by atoms with van der Waals surface area (Å²) < 4.78 is 28.0. The predicted molar refractivity (Wildman–Crippen MR) is 119 cm³/mol. The number of rotatable bonds is 7. The number of H-pyrrole nitrogens is 1. The van der Waals surface area contributed by atoms with Crippen molar-refractivity contribution in [3.05, 3.63) is 28.3 Å². The summed E-state index contributed by atoms with van der Waals surface area (Å²) >= 11 is 0. The van der Waals surface area contributed by atoms with Crippen molar-refractivity contribution < 1.29 is 8.42 Å². The van der Waals surface area contributed by atoms with Gasteiger partial charge in [0.25, 0.3) is 15.2 Å². The van der Waals surface area contributed by atoms with Crippen LogP contribution in [-0.4, -0.2) is 79.7 Å². The molecule has 9 nitrogen and oxygen atoms in total. The molecule has 1 saturated heterocycles. The highest BCUT2D eigenvalue weighted by atomic mass is 32.2. The van der Waals surface area contributed by atoms with Crippen LogP contribution in [0, 0.1) is 0 Å². The van der Waals surface area contributed by atoms with Crippen LogP contribution in [0.2, 0.25) is 0 Å². The first-order valence-electron chi connectivity index (χ1n) is 11.3. The standard InChI is InChI=1S/C21H31N7O2S/c1-27-10-12-28(13-11-27)9-8-22-31(29,30)21-24-20(25-26-21)23-19-17-6-2-4-15(17)14-16-5-3-7-18(16)19/h14,22H,2-13H2,1H3,(H2,23,24,25,26). The molecule has 0 spiro atoms. The zero-order valence-corrected chi connectivity index (χ0v) is 18.9.